The van der Waals surface area contributed by atoms with E-state index in [0.29, 0.717) is 22.7 Å². The van der Waals surface area contributed by atoms with Gasteiger partial charge < -0.3 is 20.7 Å². The fraction of sp³-hybridized carbons (Fsp3) is 0.688. The van der Waals surface area contributed by atoms with Gasteiger partial charge in [0.2, 0.25) is 0 Å². The molecule has 7 nitrogen and oxygen atoms in total. The summed E-state index contributed by atoms with van der Waals surface area (Å²) in [5, 5.41) is 9.77. The molecule has 0 radical (unpaired) electrons. The first kappa shape index (κ1) is 18.6. The molecule has 134 valence electrons. The molecule has 0 spiro atoms. The predicted molar refractivity (Wildman–Crippen MR) is 95.6 cm³/mol. The van der Waals surface area contributed by atoms with Crippen LogP contribution in [0.25, 0.3) is 0 Å². The first-order valence-electron chi connectivity index (χ1n) is 8.23. The number of nitrogens with zero attached hydrogens (tertiary/aromatic N) is 2. The first-order chi connectivity index (χ1) is 11.3. The summed E-state index contributed by atoms with van der Waals surface area (Å²) in [6.07, 6.45) is 4.76. The lowest BCUT2D eigenvalue weighted by atomic mass is 9.91. The van der Waals surface area contributed by atoms with Gasteiger partial charge in [0, 0.05) is 19.1 Å². The Hall–Kier alpha value is -1.76. The molecule has 2 rings (SSSR count). The van der Waals surface area contributed by atoms with Crippen LogP contribution in [0.3, 0.4) is 0 Å². The maximum Gasteiger partial charge on any atom is 0.407 e. The van der Waals surface area contributed by atoms with Gasteiger partial charge in [0.1, 0.15) is 17.6 Å². The van der Waals surface area contributed by atoms with E-state index in [2.05, 4.69) is 25.9 Å². The standard InChI is InChI=1S/C16H26ClN5O2/c1-16(2,3)24-15(23)22-11-7-5-10(6-8-11)21-14-12(18-4)13(17)19-9-20-14/h9-11,18H,5-8H2,1-4H3,(H,22,23)(H,19,20,21). The van der Waals surface area contributed by atoms with Crippen LogP contribution in [0.4, 0.5) is 16.3 Å². The van der Waals surface area contributed by atoms with Crippen molar-refractivity contribution in [1.29, 1.82) is 0 Å². The lowest BCUT2D eigenvalue weighted by Gasteiger charge is -2.31. The van der Waals surface area contributed by atoms with Crippen molar-refractivity contribution < 1.29 is 9.53 Å². The summed E-state index contributed by atoms with van der Waals surface area (Å²) in [6, 6.07) is 0.440. The largest absolute Gasteiger partial charge is 0.444 e. The van der Waals surface area contributed by atoms with Crippen molar-refractivity contribution in [3.8, 4) is 0 Å². The summed E-state index contributed by atoms with van der Waals surface area (Å²) < 4.78 is 5.30. The zero-order valence-electron chi connectivity index (χ0n) is 14.6. The maximum absolute atomic E-state index is 11.8. The zero-order chi connectivity index (χ0) is 17.7. The zero-order valence-corrected chi connectivity index (χ0v) is 15.4. The van der Waals surface area contributed by atoms with E-state index in [1.165, 1.54) is 6.33 Å². The van der Waals surface area contributed by atoms with Crippen molar-refractivity contribution in [1.82, 2.24) is 15.3 Å². The monoisotopic (exact) mass is 355 g/mol. The Morgan fingerprint density at radius 3 is 2.42 bits per heavy atom. The molecule has 0 aromatic carbocycles. The highest BCUT2D eigenvalue weighted by Gasteiger charge is 2.25. The second-order valence-corrected chi connectivity index (χ2v) is 7.34. The van der Waals surface area contributed by atoms with Crippen LogP contribution in [0.5, 0.6) is 0 Å². The molecular formula is C16H26ClN5O2. The lowest BCUT2D eigenvalue weighted by Crippen LogP contribution is -2.42. The molecule has 1 aliphatic rings. The molecule has 1 aliphatic carbocycles. The third-order valence-corrected chi connectivity index (χ3v) is 4.13. The number of carbonyl (C=O) groups is 1. The lowest BCUT2D eigenvalue weighted by molar-refractivity contribution is 0.0492. The number of alkyl carbamates (subject to hydrolysis) is 1. The normalized spacial score (nSPS) is 21.0. The quantitative estimate of drug-likeness (QED) is 0.717. The number of aromatic nitrogens is 2. The molecule has 0 aliphatic heterocycles. The van der Waals surface area contributed by atoms with E-state index in [1.54, 1.807) is 7.05 Å². The topological polar surface area (TPSA) is 88.2 Å². The van der Waals surface area contributed by atoms with Crippen molar-refractivity contribution in [3.63, 3.8) is 0 Å². The van der Waals surface area contributed by atoms with Crippen LogP contribution < -0.4 is 16.0 Å². The van der Waals surface area contributed by atoms with Gasteiger partial charge in [0.25, 0.3) is 0 Å². The number of hydrogen-bond donors (Lipinski definition) is 3. The summed E-state index contributed by atoms with van der Waals surface area (Å²) in [5.74, 6) is 0.709. The number of rotatable bonds is 4. The highest BCUT2D eigenvalue weighted by molar-refractivity contribution is 6.32. The van der Waals surface area contributed by atoms with Gasteiger partial charge in [-0.05, 0) is 46.5 Å². The molecule has 0 saturated heterocycles. The molecule has 0 atom stereocenters. The highest BCUT2D eigenvalue weighted by Crippen LogP contribution is 2.29. The molecule has 0 unspecified atom stereocenters. The van der Waals surface area contributed by atoms with E-state index < -0.39 is 5.60 Å². The number of halogens is 1. The maximum atomic E-state index is 11.8. The number of anilines is 2. The van der Waals surface area contributed by atoms with Gasteiger partial charge in [-0.15, -0.1) is 0 Å². The van der Waals surface area contributed by atoms with E-state index in [9.17, 15) is 4.79 Å². The van der Waals surface area contributed by atoms with Gasteiger partial charge in [-0.3, -0.25) is 0 Å². The Kier molecular flexibility index (Phi) is 6.10. The van der Waals surface area contributed by atoms with E-state index in [1.807, 2.05) is 20.8 Å². The Bertz CT molecular complexity index is 568. The molecule has 8 heteroatoms. The van der Waals surface area contributed by atoms with Crippen LogP contribution in [0.15, 0.2) is 6.33 Å². The molecule has 1 aromatic heterocycles. The van der Waals surface area contributed by atoms with Crippen LogP contribution in [0.1, 0.15) is 46.5 Å². The molecule has 1 amide bonds. The molecule has 1 aromatic rings. The molecule has 0 bridgehead atoms. The van der Waals surface area contributed by atoms with Crippen molar-refractivity contribution in [2.45, 2.75) is 64.1 Å². The van der Waals surface area contributed by atoms with Crippen LogP contribution in [-0.4, -0.2) is 40.8 Å². The van der Waals surface area contributed by atoms with Crippen molar-refractivity contribution in [3.05, 3.63) is 11.5 Å². The molecule has 1 fully saturated rings. The highest BCUT2D eigenvalue weighted by atomic mass is 35.5. The minimum absolute atomic E-state index is 0.149. The smallest absolute Gasteiger partial charge is 0.407 e. The van der Waals surface area contributed by atoms with Gasteiger partial charge in [-0.2, -0.15) is 0 Å². The molecule has 3 N–H and O–H groups in total. The van der Waals surface area contributed by atoms with E-state index in [4.69, 9.17) is 16.3 Å². The van der Waals surface area contributed by atoms with Crippen LogP contribution in [0, 0.1) is 0 Å². The number of nitrogens with one attached hydrogen (secondary N) is 3. The van der Waals surface area contributed by atoms with E-state index in [-0.39, 0.29) is 12.1 Å². The second kappa shape index (κ2) is 7.88. The van der Waals surface area contributed by atoms with Crippen molar-refractivity contribution in [2.24, 2.45) is 0 Å². The number of amides is 1. The Morgan fingerprint density at radius 2 is 1.83 bits per heavy atom. The number of hydrogen-bond acceptors (Lipinski definition) is 6. The second-order valence-electron chi connectivity index (χ2n) is 6.98. The fourth-order valence-corrected chi connectivity index (χ4v) is 2.97. The summed E-state index contributed by atoms with van der Waals surface area (Å²) in [7, 11) is 1.79. The van der Waals surface area contributed by atoms with Gasteiger partial charge in [-0.1, -0.05) is 11.6 Å². The molecule has 1 saturated carbocycles. The minimum atomic E-state index is -0.474. The molecule has 1 heterocycles. The Balaban J connectivity index is 1.83. The van der Waals surface area contributed by atoms with Crippen LogP contribution in [0.2, 0.25) is 5.15 Å². The van der Waals surface area contributed by atoms with Gasteiger partial charge in [0.05, 0.1) is 0 Å². The average Bonchev–Trinajstić information content (AvgIpc) is 2.47. The van der Waals surface area contributed by atoms with Gasteiger partial charge in [-0.25, -0.2) is 14.8 Å². The molecular weight excluding hydrogens is 330 g/mol. The molecule has 24 heavy (non-hydrogen) atoms. The third kappa shape index (κ3) is 5.40. The first-order valence-corrected chi connectivity index (χ1v) is 8.60. The summed E-state index contributed by atoms with van der Waals surface area (Å²) in [5.41, 5.74) is 0.228. The Morgan fingerprint density at radius 1 is 1.21 bits per heavy atom. The van der Waals surface area contributed by atoms with Crippen molar-refractivity contribution >= 4 is 29.2 Å². The summed E-state index contributed by atoms with van der Waals surface area (Å²) in [6.45, 7) is 5.58. The summed E-state index contributed by atoms with van der Waals surface area (Å²) in [4.78, 5) is 20.1. The van der Waals surface area contributed by atoms with Crippen LogP contribution in [-0.2, 0) is 4.74 Å². The minimum Gasteiger partial charge on any atom is -0.444 e. The fourth-order valence-electron chi connectivity index (χ4n) is 2.74. The van der Waals surface area contributed by atoms with Gasteiger partial charge in [0.15, 0.2) is 11.0 Å². The summed E-state index contributed by atoms with van der Waals surface area (Å²) >= 11 is 6.07. The van der Waals surface area contributed by atoms with Crippen molar-refractivity contribution in [2.75, 3.05) is 17.7 Å². The average molecular weight is 356 g/mol. The Labute approximate surface area is 147 Å². The SMILES string of the molecule is CNc1c(Cl)ncnc1NC1CCC(NC(=O)OC(C)(C)C)CC1. The van der Waals surface area contributed by atoms with E-state index in [0.717, 1.165) is 25.7 Å². The van der Waals surface area contributed by atoms with Crippen LogP contribution >= 0.6 is 11.6 Å². The number of carbonyl (C=O) groups excluding carboxylic acids is 1. The predicted octanol–water partition coefficient (Wildman–Crippen LogP) is 3.42. The van der Waals surface area contributed by atoms with Gasteiger partial charge >= 0.3 is 6.09 Å². The number of ether oxygens (including phenoxy) is 1. The third-order valence-electron chi connectivity index (χ3n) is 3.84. The van der Waals surface area contributed by atoms with E-state index >= 15 is 0 Å².